The first-order chi connectivity index (χ1) is 12.4. The molecule has 1 aliphatic heterocycles. The fourth-order valence-corrected chi connectivity index (χ4v) is 3.17. The Morgan fingerprint density at radius 1 is 1.35 bits per heavy atom. The lowest BCUT2D eigenvalue weighted by Gasteiger charge is -2.19. The molecule has 1 aromatic rings. The Morgan fingerprint density at radius 2 is 2.08 bits per heavy atom. The number of amides is 3. The summed E-state index contributed by atoms with van der Waals surface area (Å²) >= 11 is 6.24. The van der Waals surface area contributed by atoms with Crippen molar-refractivity contribution < 1.29 is 19.5 Å². The first-order valence-electron chi connectivity index (χ1n) is 7.74. The lowest BCUT2D eigenvalue weighted by atomic mass is 10.3. The van der Waals surface area contributed by atoms with Crippen molar-refractivity contribution in [2.75, 3.05) is 31.9 Å². The SMILES string of the molecule is Nc1ccccc1SNC(=O)NCCCN1CC(=O)N(CC(=O)O)C1=S. The maximum Gasteiger partial charge on any atom is 0.325 e. The summed E-state index contributed by atoms with van der Waals surface area (Å²) in [6.07, 6.45) is 0.555. The number of carboxylic acids is 1. The zero-order chi connectivity index (χ0) is 19.1. The summed E-state index contributed by atoms with van der Waals surface area (Å²) in [5, 5.41) is 11.7. The molecule has 1 aromatic carbocycles. The zero-order valence-corrected chi connectivity index (χ0v) is 15.4. The summed E-state index contributed by atoms with van der Waals surface area (Å²) in [4.78, 5) is 37.7. The Morgan fingerprint density at radius 3 is 2.77 bits per heavy atom. The summed E-state index contributed by atoms with van der Waals surface area (Å²) in [5.74, 6) is -1.45. The fraction of sp³-hybridized carbons (Fsp3) is 0.333. The minimum absolute atomic E-state index is 0.0570. The molecule has 26 heavy (non-hydrogen) atoms. The van der Waals surface area contributed by atoms with Crippen LogP contribution in [0.2, 0.25) is 0 Å². The van der Waals surface area contributed by atoms with Gasteiger partial charge in [0.1, 0.15) is 6.54 Å². The van der Waals surface area contributed by atoms with Gasteiger partial charge in [0.05, 0.1) is 11.4 Å². The number of hydrogen-bond acceptors (Lipinski definition) is 6. The predicted octanol–water partition coefficient (Wildman–Crippen LogP) is 0.479. The molecule has 0 bridgehead atoms. The van der Waals surface area contributed by atoms with E-state index in [1.54, 1.807) is 17.0 Å². The second-order valence-corrected chi connectivity index (χ2v) is 6.64. The van der Waals surface area contributed by atoms with Crippen LogP contribution in [0.4, 0.5) is 10.5 Å². The summed E-state index contributed by atoms with van der Waals surface area (Å²) in [7, 11) is 0. The van der Waals surface area contributed by atoms with E-state index in [0.29, 0.717) is 25.2 Å². The van der Waals surface area contributed by atoms with Crippen LogP contribution in [-0.4, -0.2) is 64.1 Å². The van der Waals surface area contributed by atoms with Gasteiger partial charge < -0.3 is 21.1 Å². The van der Waals surface area contributed by atoms with E-state index >= 15 is 0 Å². The number of nitrogens with two attached hydrogens (primary N) is 1. The molecule has 11 heteroatoms. The predicted molar refractivity (Wildman–Crippen MR) is 101 cm³/mol. The highest BCUT2D eigenvalue weighted by atomic mass is 32.2. The summed E-state index contributed by atoms with van der Waals surface area (Å²) < 4.78 is 2.63. The highest BCUT2D eigenvalue weighted by Gasteiger charge is 2.33. The zero-order valence-electron chi connectivity index (χ0n) is 13.8. The fourth-order valence-electron chi connectivity index (χ4n) is 2.24. The molecule has 1 aliphatic rings. The smallest absolute Gasteiger partial charge is 0.325 e. The van der Waals surface area contributed by atoms with E-state index < -0.39 is 12.5 Å². The third kappa shape index (κ3) is 5.49. The van der Waals surface area contributed by atoms with Crippen LogP contribution in [0.1, 0.15) is 6.42 Å². The topological polar surface area (TPSA) is 128 Å². The molecule has 0 aromatic heterocycles. The number of nitrogens with one attached hydrogen (secondary N) is 2. The molecule has 1 fully saturated rings. The summed E-state index contributed by atoms with van der Waals surface area (Å²) in [5.41, 5.74) is 6.36. The van der Waals surface area contributed by atoms with Crippen molar-refractivity contribution >= 4 is 52.9 Å². The van der Waals surface area contributed by atoms with Crippen molar-refractivity contribution in [3.8, 4) is 0 Å². The number of rotatable bonds is 8. The minimum Gasteiger partial charge on any atom is -0.480 e. The molecule has 0 spiro atoms. The van der Waals surface area contributed by atoms with Gasteiger partial charge in [-0.15, -0.1) is 0 Å². The van der Waals surface area contributed by atoms with E-state index in [-0.39, 0.29) is 23.6 Å². The van der Waals surface area contributed by atoms with Gasteiger partial charge in [0.2, 0.25) is 5.91 Å². The Labute approximate surface area is 160 Å². The van der Waals surface area contributed by atoms with Gasteiger partial charge in [0, 0.05) is 18.8 Å². The first-order valence-corrected chi connectivity index (χ1v) is 8.97. The maximum atomic E-state index is 11.8. The number of hydrogen-bond donors (Lipinski definition) is 4. The van der Waals surface area contributed by atoms with Crippen molar-refractivity contribution in [2.45, 2.75) is 11.3 Å². The van der Waals surface area contributed by atoms with Crippen LogP contribution in [-0.2, 0) is 9.59 Å². The average Bonchev–Trinajstić information content (AvgIpc) is 2.85. The van der Waals surface area contributed by atoms with E-state index in [9.17, 15) is 14.4 Å². The molecule has 5 N–H and O–H groups in total. The summed E-state index contributed by atoms with van der Waals surface area (Å²) in [6, 6.07) is 6.83. The molecule has 9 nitrogen and oxygen atoms in total. The van der Waals surface area contributed by atoms with Crippen molar-refractivity contribution in [1.82, 2.24) is 19.8 Å². The number of para-hydroxylation sites is 1. The number of benzene rings is 1. The molecule has 1 saturated heterocycles. The number of anilines is 1. The molecule has 0 saturated carbocycles. The van der Waals surface area contributed by atoms with Crippen molar-refractivity contribution in [3.05, 3.63) is 24.3 Å². The van der Waals surface area contributed by atoms with Gasteiger partial charge in [-0.25, -0.2) is 4.79 Å². The number of carbonyl (C=O) groups excluding carboxylic acids is 2. The molecular weight excluding hydrogens is 378 g/mol. The van der Waals surface area contributed by atoms with Crippen LogP contribution in [0.15, 0.2) is 29.2 Å². The number of nitrogens with zero attached hydrogens (tertiary/aromatic N) is 2. The number of aliphatic carboxylic acids is 1. The van der Waals surface area contributed by atoms with Crippen LogP contribution < -0.4 is 15.8 Å². The Kier molecular flexibility index (Phi) is 7.04. The largest absolute Gasteiger partial charge is 0.480 e. The van der Waals surface area contributed by atoms with Gasteiger partial charge in [-0.3, -0.25) is 19.2 Å². The van der Waals surface area contributed by atoms with Gasteiger partial charge in [-0.2, -0.15) is 0 Å². The van der Waals surface area contributed by atoms with Crippen molar-refractivity contribution in [2.24, 2.45) is 0 Å². The van der Waals surface area contributed by atoms with Crippen LogP contribution >= 0.6 is 24.2 Å². The van der Waals surface area contributed by atoms with Gasteiger partial charge in [0.15, 0.2) is 5.11 Å². The molecular formula is C15H19N5O4S2. The Bertz CT molecular complexity index is 715. The first kappa shape index (κ1) is 19.8. The summed E-state index contributed by atoms with van der Waals surface area (Å²) in [6.45, 7) is 0.443. The number of carboxylic acid groups (broad SMARTS) is 1. The number of thiocarbonyl (C=S) groups is 1. The third-order valence-electron chi connectivity index (χ3n) is 3.49. The van der Waals surface area contributed by atoms with E-state index in [1.807, 2.05) is 12.1 Å². The molecule has 3 amide bonds. The monoisotopic (exact) mass is 397 g/mol. The quantitative estimate of drug-likeness (QED) is 0.216. The standard InChI is InChI=1S/C15H19N5O4S2/c16-10-4-1-2-5-11(10)26-18-14(24)17-6-3-7-19-8-12(21)20(15(19)25)9-13(22)23/h1-2,4-5H,3,6-9,16H2,(H,22,23)(H2,17,18,24). The van der Waals surface area contributed by atoms with Gasteiger partial charge in [0.25, 0.3) is 0 Å². The number of nitrogen functional groups attached to an aromatic ring is 1. The Hall–Kier alpha value is -2.53. The van der Waals surface area contributed by atoms with Gasteiger partial charge in [-0.05, 0) is 42.7 Å². The lowest BCUT2D eigenvalue weighted by Crippen LogP contribution is -2.38. The van der Waals surface area contributed by atoms with E-state index in [0.717, 1.165) is 21.7 Å². The van der Waals surface area contributed by atoms with Gasteiger partial charge in [-0.1, -0.05) is 12.1 Å². The van der Waals surface area contributed by atoms with Crippen LogP contribution in [0, 0.1) is 0 Å². The number of carbonyl (C=O) groups is 3. The maximum absolute atomic E-state index is 11.8. The second-order valence-electron chi connectivity index (χ2n) is 5.43. The molecule has 1 heterocycles. The normalized spacial score (nSPS) is 13.8. The van der Waals surface area contributed by atoms with E-state index in [4.69, 9.17) is 23.1 Å². The second kappa shape index (κ2) is 9.25. The molecule has 0 aliphatic carbocycles. The molecule has 2 rings (SSSR count). The highest BCUT2D eigenvalue weighted by molar-refractivity contribution is 7.98. The van der Waals surface area contributed by atoms with Crippen LogP contribution in [0.25, 0.3) is 0 Å². The van der Waals surface area contributed by atoms with Gasteiger partial charge >= 0.3 is 12.0 Å². The third-order valence-corrected chi connectivity index (χ3v) is 4.84. The lowest BCUT2D eigenvalue weighted by molar-refractivity contribution is -0.140. The number of urea groups is 1. The molecule has 0 radical (unpaired) electrons. The molecule has 0 atom stereocenters. The van der Waals surface area contributed by atoms with Crippen LogP contribution in [0.3, 0.4) is 0 Å². The highest BCUT2D eigenvalue weighted by Crippen LogP contribution is 2.21. The minimum atomic E-state index is -1.11. The average molecular weight is 397 g/mol. The molecule has 0 unspecified atom stereocenters. The Balaban J connectivity index is 1.66. The van der Waals surface area contributed by atoms with Crippen molar-refractivity contribution in [3.63, 3.8) is 0 Å². The van der Waals surface area contributed by atoms with E-state index in [1.165, 1.54) is 0 Å². The van der Waals surface area contributed by atoms with E-state index in [2.05, 4.69) is 10.0 Å². The van der Waals surface area contributed by atoms with Crippen LogP contribution in [0.5, 0.6) is 0 Å². The van der Waals surface area contributed by atoms with Crippen molar-refractivity contribution in [1.29, 1.82) is 0 Å². The molecule has 140 valence electrons.